The standard InChI is InChI=1S/C19H18N4O3S2/c1-20-28(25,26)16-4-5-17-13(9-16)6-8-23(17)18(24)10-15-12-27-19(22-15)14-3-2-7-21-11-14/h2-5,7,9,11-12,20H,6,8,10H2,1H3. The zero-order chi connectivity index (χ0) is 19.7. The Morgan fingerprint density at radius 3 is 2.93 bits per heavy atom. The molecule has 0 atom stereocenters. The third-order valence-electron chi connectivity index (χ3n) is 4.62. The molecule has 1 aromatic carbocycles. The molecule has 4 rings (SSSR count). The molecule has 0 saturated carbocycles. The van der Waals surface area contributed by atoms with Crippen LogP contribution in [-0.4, -0.2) is 37.9 Å². The second-order valence-corrected chi connectivity index (χ2v) is 9.10. The summed E-state index contributed by atoms with van der Waals surface area (Å²) >= 11 is 1.48. The predicted octanol–water partition coefficient (Wildman–Crippen LogP) is 2.25. The van der Waals surface area contributed by atoms with Crippen molar-refractivity contribution in [2.75, 3.05) is 18.5 Å². The van der Waals surface area contributed by atoms with Crippen LogP contribution in [0.3, 0.4) is 0 Å². The van der Waals surface area contributed by atoms with Crippen molar-refractivity contribution in [3.63, 3.8) is 0 Å². The van der Waals surface area contributed by atoms with Gasteiger partial charge in [-0.05, 0) is 49.4 Å². The minimum Gasteiger partial charge on any atom is -0.311 e. The molecule has 1 amide bonds. The van der Waals surface area contributed by atoms with Gasteiger partial charge in [0.25, 0.3) is 0 Å². The summed E-state index contributed by atoms with van der Waals surface area (Å²) in [6.07, 6.45) is 4.29. The van der Waals surface area contributed by atoms with E-state index in [4.69, 9.17) is 0 Å². The van der Waals surface area contributed by atoms with Gasteiger partial charge in [0, 0.05) is 35.6 Å². The van der Waals surface area contributed by atoms with Gasteiger partial charge in [-0.15, -0.1) is 11.3 Å². The Labute approximate surface area is 167 Å². The molecule has 3 aromatic rings. The van der Waals surface area contributed by atoms with Gasteiger partial charge >= 0.3 is 0 Å². The quantitative estimate of drug-likeness (QED) is 0.691. The minimum absolute atomic E-state index is 0.0500. The van der Waals surface area contributed by atoms with Crippen LogP contribution in [0.5, 0.6) is 0 Å². The number of pyridine rings is 1. The van der Waals surface area contributed by atoms with E-state index in [1.165, 1.54) is 24.5 Å². The maximum Gasteiger partial charge on any atom is 0.240 e. The lowest BCUT2D eigenvalue weighted by Gasteiger charge is -2.17. The number of hydrogen-bond acceptors (Lipinski definition) is 6. The number of nitrogens with one attached hydrogen (secondary N) is 1. The fraction of sp³-hybridized carbons (Fsp3) is 0.211. The first-order valence-corrected chi connectivity index (χ1v) is 11.1. The van der Waals surface area contributed by atoms with E-state index in [2.05, 4.69) is 14.7 Å². The highest BCUT2D eigenvalue weighted by molar-refractivity contribution is 7.89. The SMILES string of the molecule is CNS(=O)(=O)c1ccc2c(c1)CCN2C(=O)Cc1csc(-c2cccnc2)n1. The second-order valence-electron chi connectivity index (χ2n) is 6.36. The van der Waals surface area contributed by atoms with E-state index in [-0.39, 0.29) is 17.2 Å². The number of nitrogens with zero attached hydrogens (tertiary/aromatic N) is 3. The first-order valence-electron chi connectivity index (χ1n) is 8.69. The number of aromatic nitrogens is 2. The molecular formula is C19H18N4O3S2. The Balaban J connectivity index is 1.51. The highest BCUT2D eigenvalue weighted by atomic mass is 32.2. The highest BCUT2D eigenvalue weighted by Gasteiger charge is 2.27. The third-order valence-corrected chi connectivity index (χ3v) is 6.97. The van der Waals surface area contributed by atoms with Crippen LogP contribution in [0.4, 0.5) is 5.69 Å². The summed E-state index contributed by atoms with van der Waals surface area (Å²) in [7, 11) is -2.12. The van der Waals surface area contributed by atoms with Crippen LogP contribution in [-0.2, 0) is 27.7 Å². The van der Waals surface area contributed by atoms with Gasteiger partial charge in [0.2, 0.25) is 15.9 Å². The molecule has 0 fully saturated rings. The largest absolute Gasteiger partial charge is 0.311 e. The highest BCUT2D eigenvalue weighted by Crippen LogP contribution is 2.31. The van der Waals surface area contributed by atoms with E-state index in [1.54, 1.807) is 29.4 Å². The van der Waals surface area contributed by atoms with Gasteiger partial charge in [0.15, 0.2) is 0 Å². The molecule has 144 valence electrons. The monoisotopic (exact) mass is 414 g/mol. The lowest BCUT2D eigenvalue weighted by atomic mass is 10.2. The summed E-state index contributed by atoms with van der Waals surface area (Å²) < 4.78 is 26.3. The first kappa shape index (κ1) is 18.7. The number of anilines is 1. The number of hydrogen-bond donors (Lipinski definition) is 1. The minimum atomic E-state index is -3.50. The summed E-state index contributed by atoms with van der Waals surface area (Å²) in [6, 6.07) is 8.65. The maximum atomic E-state index is 12.8. The van der Waals surface area contributed by atoms with Crippen molar-refractivity contribution < 1.29 is 13.2 Å². The van der Waals surface area contributed by atoms with Gasteiger partial charge in [-0.25, -0.2) is 18.1 Å². The molecule has 28 heavy (non-hydrogen) atoms. The number of fused-ring (bicyclic) bond motifs is 1. The lowest BCUT2D eigenvalue weighted by Crippen LogP contribution is -2.30. The molecule has 2 aromatic heterocycles. The van der Waals surface area contributed by atoms with Gasteiger partial charge in [0.1, 0.15) is 5.01 Å². The van der Waals surface area contributed by atoms with Gasteiger partial charge < -0.3 is 4.90 Å². The number of carbonyl (C=O) groups excluding carboxylic acids is 1. The molecule has 1 aliphatic rings. The van der Waals surface area contributed by atoms with E-state index in [0.717, 1.165) is 27.5 Å². The Morgan fingerprint density at radius 2 is 2.18 bits per heavy atom. The van der Waals surface area contributed by atoms with Crippen molar-refractivity contribution in [2.24, 2.45) is 0 Å². The van der Waals surface area contributed by atoms with Crippen molar-refractivity contribution in [1.29, 1.82) is 0 Å². The molecule has 1 N–H and O–H groups in total. The van der Waals surface area contributed by atoms with Crippen LogP contribution in [0.2, 0.25) is 0 Å². The number of thiazole rings is 1. The Morgan fingerprint density at radius 1 is 1.32 bits per heavy atom. The third kappa shape index (κ3) is 3.56. The maximum absolute atomic E-state index is 12.8. The van der Waals surface area contributed by atoms with Gasteiger partial charge in [0.05, 0.1) is 17.0 Å². The molecule has 0 aliphatic carbocycles. The normalized spacial score (nSPS) is 13.5. The van der Waals surface area contributed by atoms with Crippen LogP contribution < -0.4 is 9.62 Å². The van der Waals surface area contributed by atoms with Crippen LogP contribution in [0.25, 0.3) is 10.6 Å². The topological polar surface area (TPSA) is 92.3 Å². The number of rotatable bonds is 5. The summed E-state index contributed by atoms with van der Waals surface area (Å²) in [4.78, 5) is 23.4. The van der Waals surface area contributed by atoms with E-state index in [0.29, 0.717) is 13.0 Å². The fourth-order valence-corrected chi connectivity index (χ4v) is 4.77. The summed E-state index contributed by atoms with van der Waals surface area (Å²) in [5.41, 5.74) is 3.27. The number of amides is 1. The summed E-state index contributed by atoms with van der Waals surface area (Å²) in [5.74, 6) is -0.0500. The number of benzene rings is 1. The van der Waals surface area contributed by atoms with Gasteiger partial charge in [-0.3, -0.25) is 9.78 Å². The molecule has 0 radical (unpaired) electrons. The lowest BCUT2D eigenvalue weighted by molar-refractivity contribution is -0.117. The fourth-order valence-electron chi connectivity index (χ4n) is 3.18. The Kier molecular flexibility index (Phi) is 4.96. The molecule has 3 heterocycles. The van der Waals surface area contributed by atoms with Gasteiger partial charge in [-0.2, -0.15) is 0 Å². The van der Waals surface area contributed by atoms with Gasteiger partial charge in [-0.1, -0.05) is 0 Å². The van der Waals surface area contributed by atoms with E-state index >= 15 is 0 Å². The molecule has 9 heteroatoms. The zero-order valence-corrected chi connectivity index (χ0v) is 16.8. The average molecular weight is 415 g/mol. The summed E-state index contributed by atoms with van der Waals surface area (Å²) in [5, 5.41) is 2.72. The molecule has 1 aliphatic heterocycles. The second kappa shape index (κ2) is 7.42. The van der Waals surface area contributed by atoms with E-state index < -0.39 is 10.0 Å². The van der Waals surface area contributed by atoms with Crippen molar-refractivity contribution in [1.82, 2.24) is 14.7 Å². The molecule has 0 saturated heterocycles. The zero-order valence-electron chi connectivity index (χ0n) is 15.1. The van der Waals surface area contributed by atoms with Crippen molar-refractivity contribution in [2.45, 2.75) is 17.7 Å². The predicted molar refractivity (Wildman–Crippen MR) is 108 cm³/mol. The Hall–Kier alpha value is -2.62. The van der Waals surface area contributed by atoms with Crippen LogP contribution in [0, 0.1) is 0 Å². The first-order chi connectivity index (χ1) is 13.5. The smallest absolute Gasteiger partial charge is 0.240 e. The average Bonchev–Trinajstić information content (AvgIpc) is 3.35. The van der Waals surface area contributed by atoms with E-state index in [1.807, 2.05) is 17.5 Å². The van der Waals surface area contributed by atoms with E-state index in [9.17, 15) is 13.2 Å². The van der Waals surface area contributed by atoms with Crippen LogP contribution in [0.15, 0.2) is 53.0 Å². The molecule has 0 unspecified atom stereocenters. The Bertz CT molecular complexity index is 1130. The molecule has 7 nitrogen and oxygen atoms in total. The van der Waals surface area contributed by atoms with Crippen LogP contribution in [0.1, 0.15) is 11.3 Å². The van der Waals surface area contributed by atoms with Crippen molar-refractivity contribution >= 4 is 33.0 Å². The molecule has 0 spiro atoms. The van der Waals surface area contributed by atoms with Crippen molar-refractivity contribution in [3.8, 4) is 10.6 Å². The van der Waals surface area contributed by atoms with Crippen LogP contribution >= 0.6 is 11.3 Å². The number of sulfonamides is 1. The summed E-state index contributed by atoms with van der Waals surface area (Å²) in [6.45, 7) is 0.539. The molecule has 0 bridgehead atoms. The van der Waals surface area contributed by atoms with Crippen molar-refractivity contribution in [3.05, 3.63) is 59.4 Å². The molecular weight excluding hydrogens is 396 g/mol. The number of carbonyl (C=O) groups is 1.